The van der Waals surface area contributed by atoms with E-state index in [1.54, 1.807) is 12.1 Å². The predicted octanol–water partition coefficient (Wildman–Crippen LogP) is 4.67. The van der Waals surface area contributed by atoms with Crippen LogP contribution in [0.2, 0.25) is 0 Å². The molecule has 0 aliphatic carbocycles. The maximum absolute atomic E-state index is 13.3. The average Bonchev–Trinajstić information content (AvgIpc) is 3.09. The molecule has 0 saturated heterocycles. The van der Waals surface area contributed by atoms with Crippen LogP contribution < -0.4 is 0 Å². The van der Waals surface area contributed by atoms with Crippen molar-refractivity contribution in [2.24, 2.45) is 0 Å². The van der Waals surface area contributed by atoms with Gasteiger partial charge in [-0.2, -0.15) is 0 Å². The molecule has 25 heavy (non-hydrogen) atoms. The van der Waals surface area contributed by atoms with Gasteiger partial charge in [0.1, 0.15) is 10.3 Å². The smallest absolute Gasteiger partial charge is 0.239 e. The van der Waals surface area contributed by atoms with Gasteiger partial charge in [0.05, 0.1) is 15.4 Å². The molecule has 0 saturated carbocycles. The summed E-state index contributed by atoms with van der Waals surface area (Å²) in [6.07, 6.45) is 0.899. The first-order valence-corrected chi connectivity index (χ1v) is 10.4. The lowest BCUT2D eigenvalue weighted by Gasteiger charge is -2.09. The van der Waals surface area contributed by atoms with Crippen molar-refractivity contribution in [2.45, 2.75) is 32.1 Å². The minimum Gasteiger partial charge on any atom is -0.239 e. The third-order valence-electron chi connectivity index (χ3n) is 4.40. The van der Waals surface area contributed by atoms with Crippen LogP contribution in [-0.2, 0) is 16.4 Å². The fourth-order valence-corrected chi connectivity index (χ4v) is 5.73. The van der Waals surface area contributed by atoms with Crippen LogP contribution in [0.5, 0.6) is 0 Å². The van der Waals surface area contributed by atoms with Crippen LogP contribution >= 0.6 is 11.3 Å². The number of aromatic nitrogens is 2. The first-order valence-electron chi connectivity index (χ1n) is 8.14. The second kappa shape index (κ2) is 5.68. The van der Waals surface area contributed by atoms with Crippen molar-refractivity contribution in [3.05, 3.63) is 58.6 Å². The standard InChI is InChI=1S/C19H18N2O2S2/c1-4-14-7-10-17-16(11-14)18-19(24-13(3)20-18)21(17)25(22,23)15-8-5-12(2)6-9-15/h5-11H,4H2,1-3H3. The topological polar surface area (TPSA) is 52.0 Å². The summed E-state index contributed by atoms with van der Waals surface area (Å²) >= 11 is 1.42. The minimum atomic E-state index is -3.68. The molecule has 0 radical (unpaired) electrons. The number of hydrogen-bond donors (Lipinski definition) is 0. The highest BCUT2D eigenvalue weighted by atomic mass is 32.2. The van der Waals surface area contributed by atoms with Gasteiger partial charge in [-0.3, -0.25) is 0 Å². The Labute approximate surface area is 150 Å². The van der Waals surface area contributed by atoms with Crippen molar-refractivity contribution in [3.63, 3.8) is 0 Å². The van der Waals surface area contributed by atoms with Gasteiger partial charge in [0.25, 0.3) is 10.0 Å². The molecule has 0 amide bonds. The quantitative estimate of drug-likeness (QED) is 0.527. The molecule has 4 nitrogen and oxygen atoms in total. The summed E-state index contributed by atoms with van der Waals surface area (Å²) in [6, 6.07) is 12.9. The van der Waals surface area contributed by atoms with E-state index in [0.717, 1.165) is 27.9 Å². The molecule has 0 atom stereocenters. The van der Waals surface area contributed by atoms with Crippen LogP contribution in [0.15, 0.2) is 47.4 Å². The molecule has 0 unspecified atom stereocenters. The Morgan fingerprint density at radius 1 is 1.08 bits per heavy atom. The lowest BCUT2D eigenvalue weighted by molar-refractivity contribution is 0.590. The summed E-state index contributed by atoms with van der Waals surface area (Å²) in [5.74, 6) is 0. The van der Waals surface area contributed by atoms with Crippen LogP contribution in [0.1, 0.15) is 23.1 Å². The molecule has 0 bridgehead atoms. The van der Waals surface area contributed by atoms with Crippen molar-refractivity contribution < 1.29 is 8.42 Å². The Morgan fingerprint density at radius 2 is 1.80 bits per heavy atom. The van der Waals surface area contributed by atoms with E-state index in [-0.39, 0.29) is 0 Å². The van der Waals surface area contributed by atoms with Crippen LogP contribution in [0.4, 0.5) is 0 Å². The zero-order chi connectivity index (χ0) is 17.8. The Morgan fingerprint density at radius 3 is 2.48 bits per heavy atom. The lowest BCUT2D eigenvalue weighted by Crippen LogP contribution is -2.12. The highest BCUT2D eigenvalue weighted by Crippen LogP contribution is 2.36. The Balaban J connectivity index is 2.10. The molecule has 0 spiro atoms. The number of nitrogens with zero attached hydrogens (tertiary/aromatic N) is 2. The average molecular weight is 370 g/mol. The first-order chi connectivity index (χ1) is 11.9. The maximum atomic E-state index is 13.3. The molecule has 0 N–H and O–H groups in total. The lowest BCUT2D eigenvalue weighted by atomic mass is 10.1. The van der Waals surface area contributed by atoms with E-state index < -0.39 is 10.0 Å². The number of rotatable bonds is 3. The zero-order valence-electron chi connectivity index (χ0n) is 14.3. The largest absolute Gasteiger partial charge is 0.269 e. The van der Waals surface area contributed by atoms with E-state index in [0.29, 0.717) is 15.2 Å². The molecule has 4 rings (SSSR count). The third-order valence-corrected chi connectivity index (χ3v) is 7.20. The Kier molecular flexibility index (Phi) is 3.70. The van der Waals surface area contributed by atoms with E-state index in [4.69, 9.17) is 0 Å². The number of thiazole rings is 1. The number of hydrogen-bond acceptors (Lipinski definition) is 4. The van der Waals surface area contributed by atoms with Gasteiger partial charge >= 0.3 is 0 Å². The number of fused-ring (bicyclic) bond motifs is 3. The monoisotopic (exact) mass is 370 g/mol. The van der Waals surface area contributed by atoms with Crippen molar-refractivity contribution in [2.75, 3.05) is 0 Å². The molecular weight excluding hydrogens is 352 g/mol. The van der Waals surface area contributed by atoms with Gasteiger partial charge < -0.3 is 0 Å². The van der Waals surface area contributed by atoms with E-state index in [1.165, 1.54) is 20.9 Å². The van der Waals surface area contributed by atoms with Crippen molar-refractivity contribution in [1.82, 2.24) is 8.96 Å². The van der Waals surface area contributed by atoms with Crippen LogP contribution in [0, 0.1) is 13.8 Å². The normalized spacial score (nSPS) is 12.3. The zero-order valence-corrected chi connectivity index (χ0v) is 15.9. The number of aryl methyl sites for hydroxylation is 3. The van der Waals surface area contributed by atoms with Gasteiger partial charge in [-0.15, -0.1) is 0 Å². The van der Waals surface area contributed by atoms with Crippen LogP contribution in [0.3, 0.4) is 0 Å². The van der Waals surface area contributed by atoms with E-state index in [1.807, 2.05) is 38.1 Å². The van der Waals surface area contributed by atoms with Gasteiger partial charge in [0, 0.05) is 5.39 Å². The molecule has 2 aromatic carbocycles. The van der Waals surface area contributed by atoms with E-state index >= 15 is 0 Å². The predicted molar refractivity (Wildman–Crippen MR) is 103 cm³/mol. The SMILES string of the molecule is CCc1ccc2c(c1)c1nc(C)sc1n2S(=O)(=O)c1ccc(C)cc1. The molecule has 4 aromatic rings. The van der Waals surface area contributed by atoms with E-state index in [9.17, 15) is 8.42 Å². The van der Waals surface area contributed by atoms with Gasteiger partial charge in [-0.1, -0.05) is 42.0 Å². The van der Waals surface area contributed by atoms with Crippen LogP contribution in [0.25, 0.3) is 21.3 Å². The summed E-state index contributed by atoms with van der Waals surface area (Å²) in [5.41, 5.74) is 3.66. The van der Waals surface area contributed by atoms with Crippen LogP contribution in [-0.4, -0.2) is 17.4 Å². The third kappa shape index (κ3) is 2.48. The second-order valence-corrected chi connectivity index (χ2v) is 9.14. The Bertz CT molecular complexity index is 1200. The molecule has 0 fully saturated rings. The van der Waals surface area contributed by atoms with Gasteiger partial charge in [0.2, 0.25) is 0 Å². The van der Waals surface area contributed by atoms with Crippen molar-refractivity contribution >= 4 is 42.6 Å². The molecule has 2 heterocycles. The highest BCUT2D eigenvalue weighted by Gasteiger charge is 2.25. The first kappa shape index (κ1) is 16.3. The maximum Gasteiger partial charge on any atom is 0.269 e. The minimum absolute atomic E-state index is 0.294. The molecule has 0 aliphatic rings. The second-order valence-electron chi connectivity index (χ2n) is 6.17. The van der Waals surface area contributed by atoms with Gasteiger partial charge in [0.15, 0.2) is 0 Å². The molecule has 6 heteroatoms. The summed E-state index contributed by atoms with van der Waals surface area (Å²) in [5, 5.41) is 1.76. The summed E-state index contributed by atoms with van der Waals surface area (Å²) in [4.78, 5) is 5.57. The molecule has 128 valence electrons. The van der Waals surface area contributed by atoms with Gasteiger partial charge in [-0.25, -0.2) is 17.4 Å². The fraction of sp³-hybridized carbons (Fsp3) is 0.211. The van der Waals surface area contributed by atoms with Crippen molar-refractivity contribution in [1.29, 1.82) is 0 Å². The summed E-state index contributed by atoms with van der Waals surface area (Å²) < 4.78 is 28.1. The molecular formula is C19H18N2O2S2. The number of benzene rings is 2. The summed E-state index contributed by atoms with van der Waals surface area (Å²) in [6.45, 7) is 5.94. The van der Waals surface area contributed by atoms with Crippen molar-refractivity contribution in [3.8, 4) is 0 Å². The van der Waals surface area contributed by atoms with E-state index in [2.05, 4.69) is 18.0 Å². The summed E-state index contributed by atoms with van der Waals surface area (Å²) in [7, 11) is -3.68. The highest BCUT2D eigenvalue weighted by molar-refractivity contribution is 7.90. The molecule has 2 aromatic heterocycles. The van der Waals surface area contributed by atoms with Gasteiger partial charge in [-0.05, 0) is 50.1 Å². The Hall–Kier alpha value is -2.18. The molecule has 0 aliphatic heterocycles. The fourth-order valence-electron chi connectivity index (χ4n) is 3.06.